The van der Waals surface area contributed by atoms with Crippen molar-refractivity contribution in [2.75, 3.05) is 24.3 Å². The molecule has 6 nitrogen and oxygen atoms in total. The van der Waals surface area contributed by atoms with Gasteiger partial charge in [0.15, 0.2) is 0 Å². The van der Waals surface area contributed by atoms with Gasteiger partial charge in [-0.15, -0.1) is 6.58 Å². The first kappa shape index (κ1) is 16.2. The third-order valence-corrected chi connectivity index (χ3v) is 3.02. The van der Waals surface area contributed by atoms with Gasteiger partial charge in [-0.05, 0) is 36.4 Å². The molecular weight excluding hydrogens is 294 g/mol. The van der Waals surface area contributed by atoms with E-state index in [1.807, 2.05) is 0 Å². The standard InChI is InChI=1S/C17H17N3O3/c1-3-10-18-15-9-6-13(11-19-15)16(21)20-14-7-4-12(5-8-14)17(22)23-2/h3-9,11H,1,10H2,2H3,(H,18,19)(H,20,21). The maximum Gasteiger partial charge on any atom is 0.337 e. The molecule has 0 aliphatic rings. The van der Waals surface area contributed by atoms with Crippen LogP contribution in [-0.4, -0.2) is 30.5 Å². The number of ether oxygens (including phenoxy) is 1. The molecule has 118 valence electrons. The molecule has 0 saturated carbocycles. The molecule has 1 amide bonds. The maximum atomic E-state index is 12.1. The number of benzene rings is 1. The van der Waals surface area contributed by atoms with Gasteiger partial charge in [0.2, 0.25) is 0 Å². The van der Waals surface area contributed by atoms with Crippen molar-refractivity contribution in [3.05, 3.63) is 66.4 Å². The number of nitrogens with zero attached hydrogens (tertiary/aromatic N) is 1. The summed E-state index contributed by atoms with van der Waals surface area (Å²) in [5.41, 5.74) is 1.44. The molecule has 0 aliphatic carbocycles. The zero-order valence-electron chi connectivity index (χ0n) is 12.7. The van der Waals surface area contributed by atoms with E-state index in [-0.39, 0.29) is 5.91 Å². The zero-order chi connectivity index (χ0) is 16.7. The van der Waals surface area contributed by atoms with Crippen LogP contribution in [0.3, 0.4) is 0 Å². The molecule has 0 unspecified atom stereocenters. The average Bonchev–Trinajstić information content (AvgIpc) is 2.60. The largest absolute Gasteiger partial charge is 0.465 e. The Morgan fingerprint density at radius 3 is 2.43 bits per heavy atom. The Morgan fingerprint density at radius 2 is 1.87 bits per heavy atom. The molecule has 0 atom stereocenters. The van der Waals surface area contributed by atoms with Crippen LogP contribution in [0.25, 0.3) is 0 Å². The Kier molecular flexibility index (Phi) is 5.46. The summed E-state index contributed by atoms with van der Waals surface area (Å²) in [6.07, 6.45) is 3.21. The first-order valence-corrected chi connectivity index (χ1v) is 6.94. The van der Waals surface area contributed by atoms with E-state index >= 15 is 0 Å². The van der Waals surface area contributed by atoms with Crippen LogP contribution in [0.5, 0.6) is 0 Å². The fraction of sp³-hybridized carbons (Fsp3) is 0.118. The summed E-state index contributed by atoms with van der Waals surface area (Å²) in [6.45, 7) is 4.21. The van der Waals surface area contributed by atoms with E-state index in [1.54, 1.807) is 42.5 Å². The minimum atomic E-state index is -0.422. The van der Waals surface area contributed by atoms with Gasteiger partial charge in [0.1, 0.15) is 5.82 Å². The number of amides is 1. The van der Waals surface area contributed by atoms with Gasteiger partial charge < -0.3 is 15.4 Å². The van der Waals surface area contributed by atoms with Crippen molar-refractivity contribution in [3.63, 3.8) is 0 Å². The topological polar surface area (TPSA) is 80.3 Å². The average molecular weight is 311 g/mol. The highest BCUT2D eigenvalue weighted by molar-refractivity contribution is 6.04. The molecular formula is C17H17N3O3. The van der Waals surface area contributed by atoms with Crippen LogP contribution in [0, 0.1) is 0 Å². The molecule has 0 bridgehead atoms. The molecule has 1 aromatic heterocycles. The van der Waals surface area contributed by atoms with Crippen LogP contribution in [0.15, 0.2) is 55.3 Å². The number of aromatic nitrogens is 1. The van der Waals surface area contributed by atoms with E-state index in [0.717, 1.165) is 0 Å². The summed E-state index contributed by atoms with van der Waals surface area (Å²) in [7, 11) is 1.32. The predicted octanol–water partition coefficient (Wildman–Crippen LogP) is 2.72. The van der Waals surface area contributed by atoms with Crippen molar-refractivity contribution >= 4 is 23.4 Å². The number of carbonyl (C=O) groups excluding carboxylic acids is 2. The fourth-order valence-electron chi connectivity index (χ4n) is 1.82. The van der Waals surface area contributed by atoms with Crippen molar-refractivity contribution in [2.45, 2.75) is 0 Å². The number of rotatable bonds is 6. The van der Waals surface area contributed by atoms with Crippen LogP contribution in [0.2, 0.25) is 0 Å². The van der Waals surface area contributed by atoms with Crippen LogP contribution in [0.4, 0.5) is 11.5 Å². The molecule has 23 heavy (non-hydrogen) atoms. The molecule has 0 fully saturated rings. The highest BCUT2D eigenvalue weighted by Gasteiger charge is 2.08. The van der Waals surface area contributed by atoms with Gasteiger partial charge in [-0.25, -0.2) is 9.78 Å². The fourth-order valence-corrected chi connectivity index (χ4v) is 1.82. The molecule has 2 aromatic rings. The normalized spacial score (nSPS) is 9.78. The zero-order valence-corrected chi connectivity index (χ0v) is 12.7. The molecule has 1 aromatic carbocycles. The van der Waals surface area contributed by atoms with Gasteiger partial charge in [0.05, 0.1) is 18.2 Å². The molecule has 0 spiro atoms. The lowest BCUT2D eigenvalue weighted by Gasteiger charge is -2.07. The molecule has 0 aliphatic heterocycles. The van der Waals surface area contributed by atoms with Gasteiger partial charge in [0, 0.05) is 18.4 Å². The summed E-state index contributed by atoms with van der Waals surface area (Å²) in [5, 5.41) is 5.77. The van der Waals surface area contributed by atoms with Crippen LogP contribution < -0.4 is 10.6 Å². The monoisotopic (exact) mass is 311 g/mol. The van der Waals surface area contributed by atoms with Gasteiger partial charge in [-0.1, -0.05) is 6.08 Å². The van der Waals surface area contributed by atoms with E-state index in [9.17, 15) is 9.59 Å². The minimum absolute atomic E-state index is 0.279. The molecule has 0 radical (unpaired) electrons. The maximum absolute atomic E-state index is 12.1. The van der Waals surface area contributed by atoms with Crippen LogP contribution in [-0.2, 0) is 4.74 Å². The third kappa shape index (κ3) is 4.41. The number of methoxy groups -OCH3 is 1. The summed E-state index contributed by atoms with van der Waals surface area (Å²) >= 11 is 0. The second-order valence-electron chi connectivity index (χ2n) is 4.62. The van der Waals surface area contributed by atoms with Crippen molar-refractivity contribution < 1.29 is 14.3 Å². The van der Waals surface area contributed by atoms with E-state index in [1.165, 1.54) is 13.3 Å². The van der Waals surface area contributed by atoms with E-state index in [4.69, 9.17) is 0 Å². The van der Waals surface area contributed by atoms with Crippen LogP contribution >= 0.6 is 0 Å². The Bertz CT molecular complexity index is 694. The van der Waals surface area contributed by atoms with Gasteiger partial charge in [0.25, 0.3) is 5.91 Å². The number of esters is 1. The lowest BCUT2D eigenvalue weighted by atomic mass is 10.2. The smallest absolute Gasteiger partial charge is 0.337 e. The summed E-state index contributed by atoms with van der Waals surface area (Å²) < 4.78 is 4.62. The summed E-state index contributed by atoms with van der Waals surface area (Å²) in [5.74, 6) is -0.0304. The summed E-state index contributed by atoms with van der Waals surface area (Å²) in [4.78, 5) is 27.6. The Balaban J connectivity index is 2.01. The number of pyridine rings is 1. The number of carbonyl (C=O) groups is 2. The minimum Gasteiger partial charge on any atom is -0.465 e. The van der Waals surface area contributed by atoms with Gasteiger partial charge in [-0.3, -0.25) is 4.79 Å². The highest BCUT2D eigenvalue weighted by Crippen LogP contribution is 2.12. The number of nitrogens with one attached hydrogen (secondary N) is 2. The Morgan fingerprint density at radius 1 is 1.17 bits per heavy atom. The van der Waals surface area contributed by atoms with Crippen molar-refractivity contribution in [2.24, 2.45) is 0 Å². The SMILES string of the molecule is C=CCNc1ccc(C(=O)Nc2ccc(C(=O)OC)cc2)cn1. The first-order valence-electron chi connectivity index (χ1n) is 6.94. The molecule has 6 heteroatoms. The quantitative estimate of drug-likeness (QED) is 0.633. The van der Waals surface area contributed by atoms with E-state index < -0.39 is 5.97 Å². The Hall–Kier alpha value is -3.15. The lowest BCUT2D eigenvalue weighted by molar-refractivity contribution is 0.0600. The predicted molar refractivity (Wildman–Crippen MR) is 88.7 cm³/mol. The van der Waals surface area contributed by atoms with Gasteiger partial charge in [-0.2, -0.15) is 0 Å². The van der Waals surface area contributed by atoms with Crippen molar-refractivity contribution in [1.82, 2.24) is 4.98 Å². The third-order valence-electron chi connectivity index (χ3n) is 3.02. The van der Waals surface area contributed by atoms with Crippen molar-refractivity contribution in [3.8, 4) is 0 Å². The molecule has 2 N–H and O–H groups in total. The lowest BCUT2D eigenvalue weighted by Crippen LogP contribution is -2.13. The van der Waals surface area contributed by atoms with E-state index in [2.05, 4.69) is 26.9 Å². The van der Waals surface area contributed by atoms with Crippen molar-refractivity contribution in [1.29, 1.82) is 0 Å². The number of hydrogen-bond acceptors (Lipinski definition) is 5. The molecule has 0 saturated heterocycles. The van der Waals surface area contributed by atoms with Gasteiger partial charge >= 0.3 is 5.97 Å². The first-order chi connectivity index (χ1) is 11.1. The molecule has 2 rings (SSSR count). The number of anilines is 2. The number of hydrogen-bond donors (Lipinski definition) is 2. The second kappa shape index (κ2) is 7.74. The Labute approximate surface area is 134 Å². The highest BCUT2D eigenvalue weighted by atomic mass is 16.5. The van der Waals surface area contributed by atoms with E-state index in [0.29, 0.717) is 29.2 Å². The molecule has 1 heterocycles. The van der Waals surface area contributed by atoms with Crippen LogP contribution in [0.1, 0.15) is 20.7 Å². The summed E-state index contributed by atoms with van der Waals surface area (Å²) in [6, 6.07) is 9.84. The second-order valence-corrected chi connectivity index (χ2v) is 4.62.